The third-order valence-electron chi connectivity index (χ3n) is 3.49. The number of hydrogen-bond donors (Lipinski definition) is 2. The number of anilines is 2. The van der Waals surface area contributed by atoms with Gasteiger partial charge in [0, 0.05) is 24.2 Å². The van der Waals surface area contributed by atoms with Crippen LogP contribution in [0.1, 0.15) is 27.2 Å². The van der Waals surface area contributed by atoms with E-state index in [0.717, 1.165) is 29.8 Å². The Morgan fingerprint density at radius 1 is 1.45 bits per heavy atom. The van der Waals surface area contributed by atoms with Crippen LogP contribution in [-0.2, 0) is 24.6 Å². The molecule has 0 radical (unpaired) electrons. The Bertz CT molecular complexity index is 735. The maximum absolute atomic E-state index is 12.1. The van der Waals surface area contributed by atoms with Gasteiger partial charge in [0.25, 0.3) is 0 Å². The number of nitrogens with one attached hydrogen (secondary N) is 2. The fourth-order valence-electron chi connectivity index (χ4n) is 2.54. The van der Waals surface area contributed by atoms with Gasteiger partial charge in [-0.2, -0.15) is 5.10 Å². The van der Waals surface area contributed by atoms with Gasteiger partial charge in [0.2, 0.25) is 0 Å². The van der Waals surface area contributed by atoms with E-state index in [2.05, 4.69) is 15.7 Å². The second kappa shape index (κ2) is 6.05. The normalized spacial score (nSPS) is 12.8. The van der Waals surface area contributed by atoms with Crippen molar-refractivity contribution in [3.63, 3.8) is 0 Å². The number of thiophene rings is 1. The molecule has 2 aromatic rings. The number of fused-ring (bicyclic) bond motifs is 1. The van der Waals surface area contributed by atoms with Crippen molar-refractivity contribution in [2.45, 2.75) is 19.3 Å². The number of rotatable bonds is 3. The van der Waals surface area contributed by atoms with Crippen molar-refractivity contribution in [1.82, 2.24) is 9.78 Å². The molecule has 1 aliphatic rings. The molecule has 0 spiro atoms. The first-order valence-corrected chi connectivity index (χ1v) is 8.11. The van der Waals surface area contributed by atoms with E-state index < -0.39 is 0 Å². The number of esters is 1. The fraction of sp³-hybridized carbons (Fsp3) is 0.357. The molecule has 2 aromatic heterocycles. The first kappa shape index (κ1) is 15.0. The maximum atomic E-state index is 12.1. The highest BCUT2D eigenvalue weighted by Crippen LogP contribution is 2.39. The van der Waals surface area contributed by atoms with Crippen LogP contribution >= 0.6 is 23.6 Å². The minimum Gasteiger partial charge on any atom is -0.465 e. The number of aryl methyl sites for hydroxylation is 2. The van der Waals surface area contributed by atoms with Crippen LogP contribution < -0.4 is 10.6 Å². The summed E-state index contributed by atoms with van der Waals surface area (Å²) in [5, 5.41) is 11.5. The summed E-state index contributed by atoms with van der Waals surface area (Å²) in [4.78, 5) is 13.3. The molecule has 0 saturated heterocycles. The average Bonchev–Trinajstić information content (AvgIpc) is 3.14. The quantitative estimate of drug-likeness (QED) is 0.663. The van der Waals surface area contributed by atoms with E-state index in [9.17, 15) is 4.79 Å². The average molecular weight is 336 g/mol. The van der Waals surface area contributed by atoms with Gasteiger partial charge < -0.3 is 15.4 Å². The van der Waals surface area contributed by atoms with Crippen molar-refractivity contribution in [3.05, 3.63) is 28.3 Å². The molecule has 0 aliphatic heterocycles. The Balaban J connectivity index is 1.80. The van der Waals surface area contributed by atoms with E-state index in [0.29, 0.717) is 16.5 Å². The van der Waals surface area contributed by atoms with E-state index in [1.54, 1.807) is 16.0 Å². The standard InChI is InChI=1S/C14H16N4O2S2/c1-18-7-6-10(17-18)15-14(21)16-12-11(13(19)20-2)8-4-3-5-9(8)22-12/h6-7H,3-5H2,1-2H3,(H2,15,16,17,21). The van der Waals surface area contributed by atoms with Crippen LogP contribution in [0.5, 0.6) is 0 Å². The number of ether oxygens (including phenoxy) is 1. The van der Waals surface area contributed by atoms with Gasteiger partial charge in [-0.1, -0.05) is 0 Å². The fourth-order valence-corrected chi connectivity index (χ4v) is 4.10. The van der Waals surface area contributed by atoms with E-state index >= 15 is 0 Å². The van der Waals surface area contributed by atoms with Crippen molar-refractivity contribution in [2.75, 3.05) is 17.7 Å². The van der Waals surface area contributed by atoms with Crippen LogP contribution in [0.2, 0.25) is 0 Å². The maximum Gasteiger partial charge on any atom is 0.341 e. The lowest BCUT2D eigenvalue weighted by molar-refractivity contribution is 0.0601. The molecule has 0 aromatic carbocycles. The molecule has 0 unspecified atom stereocenters. The van der Waals surface area contributed by atoms with E-state index in [4.69, 9.17) is 17.0 Å². The Hall–Kier alpha value is -1.93. The molecule has 3 rings (SSSR count). The van der Waals surface area contributed by atoms with Gasteiger partial charge in [-0.3, -0.25) is 4.68 Å². The van der Waals surface area contributed by atoms with Gasteiger partial charge in [-0.05, 0) is 37.0 Å². The molecule has 0 bridgehead atoms. The minimum atomic E-state index is -0.317. The van der Waals surface area contributed by atoms with Crippen LogP contribution in [0.4, 0.5) is 10.8 Å². The number of thiocarbonyl (C=S) groups is 1. The number of hydrogen-bond acceptors (Lipinski definition) is 5. The number of carbonyl (C=O) groups is 1. The highest BCUT2D eigenvalue weighted by Gasteiger charge is 2.27. The lowest BCUT2D eigenvalue weighted by Gasteiger charge is -2.09. The van der Waals surface area contributed by atoms with Crippen molar-refractivity contribution in [1.29, 1.82) is 0 Å². The monoisotopic (exact) mass is 336 g/mol. The number of carbonyl (C=O) groups excluding carboxylic acids is 1. The molecule has 2 N–H and O–H groups in total. The summed E-state index contributed by atoms with van der Waals surface area (Å²) < 4.78 is 6.60. The summed E-state index contributed by atoms with van der Waals surface area (Å²) >= 11 is 6.87. The first-order valence-electron chi connectivity index (χ1n) is 6.89. The van der Waals surface area contributed by atoms with Gasteiger partial charge in [0.05, 0.1) is 12.7 Å². The van der Waals surface area contributed by atoms with Crippen LogP contribution in [0.3, 0.4) is 0 Å². The summed E-state index contributed by atoms with van der Waals surface area (Å²) in [6.45, 7) is 0. The van der Waals surface area contributed by atoms with Gasteiger partial charge in [0.15, 0.2) is 10.9 Å². The van der Waals surface area contributed by atoms with E-state index in [1.165, 1.54) is 12.0 Å². The third kappa shape index (κ3) is 2.84. The molecule has 0 amide bonds. The molecule has 0 fully saturated rings. The summed E-state index contributed by atoms with van der Waals surface area (Å²) in [5.41, 5.74) is 1.71. The van der Waals surface area contributed by atoms with E-state index in [1.807, 2.05) is 19.3 Å². The predicted octanol–water partition coefficient (Wildman–Crippen LogP) is 2.57. The van der Waals surface area contributed by atoms with Crippen molar-refractivity contribution in [2.24, 2.45) is 7.05 Å². The Labute approximate surface area is 137 Å². The van der Waals surface area contributed by atoms with Crippen molar-refractivity contribution < 1.29 is 9.53 Å². The highest BCUT2D eigenvalue weighted by atomic mass is 32.1. The molecule has 0 saturated carbocycles. The van der Waals surface area contributed by atoms with Crippen LogP contribution in [0.25, 0.3) is 0 Å². The third-order valence-corrected chi connectivity index (χ3v) is 4.90. The molecule has 0 atom stereocenters. The lowest BCUT2D eigenvalue weighted by Crippen LogP contribution is -2.20. The number of aromatic nitrogens is 2. The topological polar surface area (TPSA) is 68.2 Å². The summed E-state index contributed by atoms with van der Waals surface area (Å²) in [7, 11) is 3.23. The van der Waals surface area contributed by atoms with Crippen LogP contribution in [-0.4, -0.2) is 28.0 Å². The first-order chi connectivity index (χ1) is 10.6. The van der Waals surface area contributed by atoms with Gasteiger partial charge in [-0.25, -0.2) is 4.79 Å². The summed E-state index contributed by atoms with van der Waals surface area (Å²) in [5.74, 6) is 0.339. The SMILES string of the molecule is COC(=O)c1c(NC(=S)Nc2ccn(C)n2)sc2c1CCC2. The predicted molar refractivity (Wildman–Crippen MR) is 90.7 cm³/mol. The lowest BCUT2D eigenvalue weighted by atomic mass is 10.1. The van der Waals surface area contributed by atoms with Crippen LogP contribution in [0, 0.1) is 0 Å². The van der Waals surface area contributed by atoms with Crippen LogP contribution in [0.15, 0.2) is 12.3 Å². The smallest absolute Gasteiger partial charge is 0.341 e. The molecule has 22 heavy (non-hydrogen) atoms. The molecular formula is C14H16N4O2S2. The second-order valence-corrected chi connectivity index (χ2v) is 6.52. The molecule has 6 nitrogen and oxygen atoms in total. The van der Waals surface area contributed by atoms with Crippen molar-refractivity contribution in [3.8, 4) is 0 Å². The molecule has 116 valence electrons. The van der Waals surface area contributed by atoms with E-state index in [-0.39, 0.29) is 5.97 Å². The molecular weight excluding hydrogens is 320 g/mol. The Morgan fingerprint density at radius 3 is 2.95 bits per heavy atom. The zero-order valence-corrected chi connectivity index (χ0v) is 13.9. The minimum absolute atomic E-state index is 0.317. The zero-order valence-electron chi connectivity index (χ0n) is 12.3. The summed E-state index contributed by atoms with van der Waals surface area (Å²) in [6.07, 6.45) is 4.83. The number of methoxy groups -OCH3 is 1. The zero-order chi connectivity index (χ0) is 15.7. The second-order valence-electron chi connectivity index (χ2n) is 5.01. The molecule has 1 aliphatic carbocycles. The molecule has 8 heteroatoms. The Morgan fingerprint density at radius 2 is 2.27 bits per heavy atom. The van der Waals surface area contributed by atoms with Gasteiger partial charge in [-0.15, -0.1) is 11.3 Å². The Kier molecular flexibility index (Phi) is 4.12. The van der Waals surface area contributed by atoms with Gasteiger partial charge >= 0.3 is 5.97 Å². The van der Waals surface area contributed by atoms with Gasteiger partial charge in [0.1, 0.15) is 5.00 Å². The van der Waals surface area contributed by atoms with Crippen molar-refractivity contribution >= 4 is 45.5 Å². The largest absolute Gasteiger partial charge is 0.465 e. The summed E-state index contributed by atoms with van der Waals surface area (Å²) in [6, 6.07) is 1.82. The highest BCUT2D eigenvalue weighted by molar-refractivity contribution is 7.80. The molecule has 2 heterocycles. The number of nitrogens with zero attached hydrogens (tertiary/aromatic N) is 2.